The largest absolute Gasteiger partial charge is 0.259 e. The molecule has 0 spiro atoms. The maximum atomic E-state index is 11.0. The number of nitro groups is 1. The van der Waals surface area contributed by atoms with Crippen molar-refractivity contribution in [1.82, 2.24) is 0 Å². The van der Waals surface area contributed by atoms with Crippen LogP contribution in [0.1, 0.15) is 11.1 Å². The quantitative estimate of drug-likeness (QED) is 0.605. The molecule has 0 N–H and O–H groups in total. The third kappa shape index (κ3) is 3.28. The Balaban J connectivity index is 2.25. The van der Waals surface area contributed by atoms with Gasteiger partial charge in [-0.3, -0.25) is 10.1 Å². The smallest absolute Gasteiger partial charge is 0.251 e. The molecule has 2 aromatic rings. The van der Waals surface area contributed by atoms with Crippen LogP contribution in [0.15, 0.2) is 66.4 Å². The first-order valence-electron chi connectivity index (χ1n) is 5.69. The Morgan fingerprint density at radius 1 is 1.00 bits per heavy atom. The van der Waals surface area contributed by atoms with Crippen molar-refractivity contribution in [2.45, 2.75) is 6.42 Å². The van der Waals surface area contributed by atoms with Gasteiger partial charge < -0.3 is 0 Å². The zero-order valence-electron chi connectivity index (χ0n) is 9.82. The summed E-state index contributed by atoms with van der Waals surface area (Å²) >= 11 is 0. The Hall–Kier alpha value is -2.42. The number of benzene rings is 2. The van der Waals surface area contributed by atoms with Gasteiger partial charge in [-0.1, -0.05) is 60.7 Å². The Kier molecular flexibility index (Phi) is 3.86. The summed E-state index contributed by atoms with van der Waals surface area (Å²) in [6.07, 6.45) is 1.95. The van der Waals surface area contributed by atoms with Crippen molar-refractivity contribution in [1.29, 1.82) is 0 Å². The molecule has 2 aromatic carbocycles. The lowest BCUT2D eigenvalue weighted by Crippen LogP contribution is -2.02. The second kappa shape index (κ2) is 5.77. The van der Waals surface area contributed by atoms with E-state index in [0.717, 1.165) is 11.1 Å². The fraction of sp³-hybridized carbons (Fsp3) is 0.0667. The molecule has 0 bridgehead atoms. The molecule has 0 unspecified atom stereocenters. The van der Waals surface area contributed by atoms with E-state index < -0.39 is 0 Å². The molecule has 0 amide bonds. The van der Waals surface area contributed by atoms with Crippen LogP contribution in [-0.2, 0) is 6.42 Å². The fourth-order valence-electron chi connectivity index (χ4n) is 1.71. The third-order valence-corrected chi connectivity index (χ3v) is 2.60. The predicted molar refractivity (Wildman–Crippen MR) is 71.6 cm³/mol. The molecular formula is C15H13NO2. The lowest BCUT2D eigenvalue weighted by Gasteiger charge is -2.00. The number of nitrogens with zero attached hydrogens (tertiary/aromatic N) is 1. The molecule has 2 rings (SSSR count). The van der Waals surface area contributed by atoms with Crippen LogP contribution in [-0.4, -0.2) is 4.92 Å². The highest BCUT2D eigenvalue weighted by Gasteiger charge is 2.11. The second-order valence-corrected chi connectivity index (χ2v) is 3.97. The topological polar surface area (TPSA) is 43.1 Å². The van der Waals surface area contributed by atoms with Crippen molar-refractivity contribution >= 4 is 6.08 Å². The summed E-state index contributed by atoms with van der Waals surface area (Å²) < 4.78 is 0. The summed E-state index contributed by atoms with van der Waals surface area (Å²) in [5.74, 6) is 0. The molecule has 0 saturated heterocycles. The molecule has 0 saturated carbocycles. The van der Waals surface area contributed by atoms with Gasteiger partial charge in [-0.05, 0) is 11.1 Å². The summed E-state index contributed by atoms with van der Waals surface area (Å²) in [4.78, 5) is 10.7. The molecule has 0 heterocycles. The SMILES string of the molecule is O=[N+]([O-])C(=Cc1ccccc1)Cc1ccccc1. The predicted octanol–water partition coefficient (Wildman–Crippen LogP) is 3.55. The molecule has 3 heteroatoms. The van der Waals surface area contributed by atoms with Crippen molar-refractivity contribution in [3.05, 3.63) is 87.6 Å². The minimum atomic E-state index is -0.319. The van der Waals surface area contributed by atoms with Gasteiger partial charge in [0.25, 0.3) is 5.70 Å². The molecule has 0 aromatic heterocycles. The Labute approximate surface area is 106 Å². The van der Waals surface area contributed by atoms with Gasteiger partial charge in [-0.15, -0.1) is 0 Å². The number of hydrogen-bond donors (Lipinski definition) is 0. The second-order valence-electron chi connectivity index (χ2n) is 3.97. The molecular weight excluding hydrogens is 226 g/mol. The van der Waals surface area contributed by atoms with Crippen molar-refractivity contribution in [3.63, 3.8) is 0 Å². The van der Waals surface area contributed by atoms with Crippen molar-refractivity contribution in [2.24, 2.45) is 0 Å². The maximum absolute atomic E-state index is 11.0. The number of hydrogen-bond acceptors (Lipinski definition) is 2. The number of allylic oxidation sites excluding steroid dienone is 1. The van der Waals surface area contributed by atoms with E-state index in [0.29, 0.717) is 6.42 Å². The van der Waals surface area contributed by atoms with Crippen molar-refractivity contribution < 1.29 is 4.92 Å². The van der Waals surface area contributed by atoms with Gasteiger partial charge in [0, 0.05) is 6.08 Å². The van der Waals surface area contributed by atoms with Gasteiger partial charge in [0.1, 0.15) is 0 Å². The van der Waals surface area contributed by atoms with Gasteiger partial charge in [0.15, 0.2) is 0 Å². The van der Waals surface area contributed by atoms with E-state index in [1.165, 1.54) is 0 Å². The van der Waals surface area contributed by atoms with Crippen LogP contribution in [0.5, 0.6) is 0 Å². The van der Waals surface area contributed by atoms with E-state index in [1.807, 2.05) is 60.7 Å². The standard InChI is InChI=1S/C15H13NO2/c17-16(18)15(11-13-7-3-1-4-8-13)12-14-9-5-2-6-10-14/h1-11H,12H2. The monoisotopic (exact) mass is 239 g/mol. The normalized spacial score (nSPS) is 11.2. The molecule has 18 heavy (non-hydrogen) atoms. The lowest BCUT2D eigenvalue weighted by atomic mass is 10.1. The van der Waals surface area contributed by atoms with Gasteiger partial charge in [-0.2, -0.15) is 0 Å². The Bertz CT molecular complexity index is 547. The zero-order chi connectivity index (χ0) is 12.8. The van der Waals surface area contributed by atoms with E-state index in [9.17, 15) is 10.1 Å². The average molecular weight is 239 g/mol. The van der Waals surface area contributed by atoms with Crippen LogP contribution in [0.4, 0.5) is 0 Å². The molecule has 0 aliphatic heterocycles. The van der Waals surface area contributed by atoms with Crippen LogP contribution >= 0.6 is 0 Å². The fourth-order valence-corrected chi connectivity index (χ4v) is 1.71. The van der Waals surface area contributed by atoms with Crippen LogP contribution in [0, 0.1) is 10.1 Å². The minimum Gasteiger partial charge on any atom is -0.259 e. The van der Waals surface area contributed by atoms with Gasteiger partial charge >= 0.3 is 0 Å². The first-order valence-corrected chi connectivity index (χ1v) is 5.69. The summed E-state index contributed by atoms with van der Waals surface area (Å²) in [5.41, 5.74) is 1.99. The van der Waals surface area contributed by atoms with Gasteiger partial charge in [-0.25, -0.2) is 0 Å². The molecule has 0 atom stereocenters. The molecule has 0 radical (unpaired) electrons. The molecule has 0 fully saturated rings. The maximum Gasteiger partial charge on any atom is 0.251 e. The van der Waals surface area contributed by atoms with Crippen LogP contribution in [0.2, 0.25) is 0 Å². The first kappa shape index (κ1) is 12.0. The Morgan fingerprint density at radius 2 is 1.56 bits per heavy atom. The van der Waals surface area contributed by atoms with E-state index >= 15 is 0 Å². The van der Waals surface area contributed by atoms with Crippen LogP contribution in [0.3, 0.4) is 0 Å². The zero-order valence-corrected chi connectivity index (χ0v) is 9.82. The van der Waals surface area contributed by atoms with E-state index in [2.05, 4.69) is 0 Å². The molecule has 3 nitrogen and oxygen atoms in total. The minimum absolute atomic E-state index is 0.201. The number of rotatable bonds is 4. The Morgan fingerprint density at radius 3 is 2.11 bits per heavy atom. The third-order valence-electron chi connectivity index (χ3n) is 2.60. The van der Waals surface area contributed by atoms with E-state index in [1.54, 1.807) is 6.08 Å². The highest BCUT2D eigenvalue weighted by molar-refractivity contribution is 5.51. The highest BCUT2D eigenvalue weighted by atomic mass is 16.6. The van der Waals surface area contributed by atoms with Gasteiger partial charge in [0.2, 0.25) is 0 Å². The first-order chi connectivity index (χ1) is 8.75. The van der Waals surface area contributed by atoms with E-state index in [4.69, 9.17) is 0 Å². The van der Waals surface area contributed by atoms with Crippen LogP contribution in [0.25, 0.3) is 6.08 Å². The summed E-state index contributed by atoms with van der Waals surface area (Å²) in [6.45, 7) is 0. The molecule has 0 aliphatic rings. The summed E-state index contributed by atoms with van der Waals surface area (Å²) in [7, 11) is 0. The highest BCUT2D eigenvalue weighted by Crippen LogP contribution is 2.13. The summed E-state index contributed by atoms with van der Waals surface area (Å²) in [6, 6.07) is 18.8. The van der Waals surface area contributed by atoms with E-state index in [-0.39, 0.29) is 10.6 Å². The molecule has 0 aliphatic carbocycles. The average Bonchev–Trinajstić information content (AvgIpc) is 2.40. The van der Waals surface area contributed by atoms with Gasteiger partial charge in [0.05, 0.1) is 11.3 Å². The van der Waals surface area contributed by atoms with Crippen molar-refractivity contribution in [2.75, 3.05) is 0 Å². The van der Waals surface area contributed by atoms with Crippen molar-refractivity contribution in [3.8, 4) is 0 Å². The summed E-state index contributed by atoms with van der Waals surface area (Å²) in [5, 5.41) is 11.0. The van der Waals surface area contributed by atoms with Crippen LogP contribution < -0.4 is 0 Å². The lowest BCUT2D eigenvalue weighted by molar-refractivity contribution is -0.425. The molecule has 90 valence electrons.